The lowest BCUT2D eigenvalue weighted by Gasteiger charge is -2.09. The Morgan fingerprint density at radius 1 is 1.50 bits per heavy atom. The van der Waals surface area contributed by atoms with Crippen LogP contribution in [0.15, 0.2) is 29.2 Å². The molecule has 1 aromatic rings. The number of benzene rings is 1. The van der Waals surface area contributed by atoms with Crippen LogP contribution in [0.2, 0.25) is 0 Å². The minimum atomic E-state index is -0.583. The topological polar surface area (TPSA) is 52.2 Å². The average Bonchev–Trinajstić information content (AvgIpc) is 2.16. The van der Waals surface area contributed by atoms with Crippen LogP contribution in [0, 0.1) is 5.21 Å². The fourth-order valence-electron chi connectivity index (χ4n) is 0.887. The van der Waals surface area contributed by atoms with E-state index in [1.54, 1.807) is 18.2 Å². The van der Waals surface area contributed by atoms with Crippen molar-refractivity contribution in [2.24, 2.45) is 0 Å². The molecule has 0 unspecified atom stereocenters. The van der Waals surface area contributed by atoms with E-state index in [0.29, 0.717) is 5.56 Å². The summed E-state index contributed by atoms with van der Waals surface area (Å²) in [6.07, 6.45) is 1.86. The second-order valence-corrected chi connectivity index (χ2v) is 2.98. The van der Waals surface area contributed by atoms with Gasteiger partial charge < -0.3 is 10.7 Å². The predicted octanol–water partition coefficient (Wildman–Crippen LogP) is 1.64. The largest absolute Gasteiger partial charge is 0.759 e. The summed E-state index contributed by atoms with van der Waals surface area (Å²) in [5, 5.41) is 10.1. The molecule has 0 aliphatic rings. The maximum Gasteiger partial charge on any atom is 0.241 e. The van der Waals surface area contributed by atoms with Gasteiger partial charge >= 0.3 is 0 Å². The SMILES string of the molecule is CSc1ccccc1C(=O)N[O-]. The summed E-state index contributed by atoms with van der Waals surface area (Å²) in [6.45, 7) is 0. The summed E-state index contributed by atoms with van der Waals surface area (Å²) in [6, 6.07) is 6.98. The molecule has 0 aliphatic carbocycles. The average molecular weight is 182 g/mol. The second kappa shape index (κ2) is 4.13. The summed E-state index contributed by atoms with van der Waals surface area (Å²) in [5.74, 6) is -0.583. The Bertz CT molecular complexity index is 288. The number of carbonyl (C=O) groups is 1. The molecule has 0 fully saturated rings. The molecule has 0 spiro atoms. The van der Waals surface area contributed by atoms with Crippen molar-refractivity contribution in [3.05, 3.63) is 35.0 Å². The highest BCUT2D eigenvalue weighted by Crippen LogP contribution is 2.19. The van der Waals surface area contributed by atoms with Gasteiger partial charge in [0.15, 0.2) is 0 Å². The molecular weight excluding hydrogens is 174 g/mol. The Morgan fingerprint density at radius 2 is 2.17 bits per heavy atom. The van der Waals surface area contributed by atoms with E-state index in [0.717, 1.165) is 4.90 Å². The maximum atomic E-state index is 11.0. The van der Waals surface area contributed by atoms with E-state index in [1.807, 2.05) is 12.3 Å². The van der Waals surface area contributed by atoms with Crippen molar-refractivity contribution < 1.29 is 4.79 Å². The van der Waals surface area contributed by atoms with Gasteiger partial charge in [-0.25, -0.2) is 0 Å². The summed E-state index contributed by atoms with van der Waals surface area (Å²) >= 11 is 1.44. The first-order valence-electron chi connectivity index (χ1n) is 3.35. The molecule has 0 radical (unpaired) electrons. The van der Waals surface area contributed by atoms with Gasteiger partial charge in [-0.05, 0) is 18.4 Å². The second-order valence-electron chi connectivity index (χ2n) is 2.13. The number of hydroxylamine groups is 1. The van der Waals surface area contributed by atoms with Gasteiger partial charge in [-0.15, -0.1) is 11.8 Å². The number of hydrogen-bond donors (Lipinski definition) is 1. The summed E-state index contributed by atoms with van der Waals surface area (Å²) in [7, 11) is 0. The number of rotatable bonds is 2. The van der Waals surface area contributed by atoms with Crippen LogP contribution >= 0.6 is 11.8 Å². The number of nitrogens with one attached hydrogen (secondary N) is 1. The summed E-state index contributed by atoms with van der Waals surface area (Å²) in [5.41, 5.74) is 1.78. The number of carbonyl (C=O) groups excluding carboxylic acids is 1. The van der Waals surface area contributed by atoms with Gasteiger partial charge in [0.25, 0.3) is 0 Å². The lowest BCUT2D eigenvalue weighted by atomic mass is 10.2. The van der Waals surface area contributed by atoms with Gasteiger partial charge in [-0.2, -0.15) is 0 Å². The van der Waals surface area contributed by atoms with Crippen LogP contribution < -0.4 is 5.48 Å². The molecule has 3 nitrogen and oxygen atoms in total. The van der Waals surface area contributed by atoms with Crippen LogP contribution in [-0.2, 0) is 0 Å². The molecule has 0 atom stereocenters. The van der Waals surface area contributed by atoms with Gasteiger partial charge in [0.1, 0.15) is 0 Å². The monoisotopic (exact) mass is 182 g/mol. The highest BCUT2D eigenvalue weighted by molar-refractivity contribution is 7.98. The summed E-state index contributed by atoms with van der Waals surface area (Å²) in [4.78, 5) is 11.8. The molecule has 0 saturated carbocycles. The van der Waals surface area contributed by atoms with Gasteiger partial charge in [-0.3, -0.25) is 4.79 Å². The number of hydrogen-bond acceptors (Lipinski definition) is 3. The Hall–Kier alpha value is -1.00. The van der Waals surface area contributed by atoms with Gasteiger partial charge in [-0.1, -0.05) is 12.1 Å². The van der Waals surface area contributed by atoms with E-state index in [1.165, 1.54) is 17.2 Å². The zero-order chi connectivity index (χ0) is 8.97. The fourth-order valence-corrected chi connectivity index (χ4v) is 1.48. The molecule has 4 heteroatoms. The third-order valence-electron chi connectivity index (χ3n) is 1.44. The zero-order valence-electron chi connectivity index (χ0n) is 6.53. The predicted molar refractivity (Wildman–Crippen MR) is 49.1 cm³/mol. The van der Waals surface area contributed by atoms with E-state index < -0.39 is 5.91 Å². The van der Waals surface area contributed by atoms with Gasteiger partial charge in [0.05, 0.1) is 5.56 Å². The minimum absolute atomic E-state index is 0.431. The van der Waals surface area contributed by atoms with Crippen LogP contribution in [0.3, 0.4) is 0 Å². The van der Waals surface area contributed by atoms with Crippen LogP contribution in [0.25, 0.3) is 0 Å². The van der Waals surface area contributed by atoms with Crippen molar-refractivity contribution in [2.45, 2.75) is 4.90 Å². The first kappa shape index (κ1) is 9.09. The molecule has 12 heavy (non-hydrogen) atoms. The van der Waals surface area contributed by atoms with Gasteiger partial charge in [0, 0.05) is 4.90 Å². The highest BCUT2D eigenvalue weighted by atomic mass is 32.2. The molecule has 64 valence electrons. The fraction of sp³-hybridized carbons (Fsp3) is 0.125. The van der Waals surface area contributed by atoms with Crippen molar-refractivity contribution >= 4 is 17.7 Å². The Balaban J connectivity index is 3.04. The highest BCUT2D eigenvalue weighted by Gasteiger charge is 2.05. The van der Waals surface area contributed by atoms with E-state index in [-0.39, 0.29) is 0 Å². The number of thioether (sulfide) groups is 1. The first-order valence-corrected chi connectivity index (χ1v) is 4.57. The normalized spacial score (nSPS) is 9.50. The van der Waals surface area contributed by atoms with E-state index >= 15 is 0 Å². The molecule has 1 amide bonds. The van der Waals surface area contributed by atoms with Crippen molar-refractivity contribution in [2.75, 3.05) is 6.26 Å². The van der Waals surface area contributed by atoms with Crippen LogP contribution in [0.5, 0.6) is 0 Å². The molecular formula is C8H8NO2S-. The standard InChI is InChI=1S/C8H8NO2S/c1-12-7-5-3-2-4-6(7)8(10)9-11/h2-5H,1H3,(H-,9,10,11)/q-1. The molecule has 0 saturated heterocycles. The smallest absolute Gasteiger partial charge is 0.241 e. The lowest BCUT2D eigenvalue weighted by Crippen LogP contribution is -2.16. The van der Waals surface area contributed by atoms with Gasteiger partial charge in [0.2, 0.25) is 5.91 Å². The van der Waals surface area contributed by atoms with E-state index in [2.05, 4.69) is 0 Å². The summed E-state index contributed by atoms with van der Waals surface area (Å²) < 4.78 is 0. The third-order valence-corrected chi connectivity index (χ3v) is 2.24. The molecule has 0 heterocycles. The van der Waals surface area contributed by atoms with Crippen molar-refractivity contribution in [1.29, 1.82) is 0 Å². The number of amides is 1. The van der Waals surface area contributed by atoms with Crippen LogP contribution in [0.4, 0.5) is 0 Å². The molecule has 1 aromatic carbocycles. The Labute approximate surface area is 74.7 Å². The van der Waals surface area contributed by atoms with Crippen molar-refractivity contribution in [3.63, 3.8) is 0 Å². The van der Waals surface area contributed by atoms with E-state index in [9.17, 15) is 10.0 Å². The van der Waals surface area contributed by atoms with Crippen molar-refractivity contribution in [1.82, 2.24) is 5.48 Å². The van der Waals surface area contributed by atoms with Crippen LogP contribution in [-0.4, -0.2) is 12.2 Å². The first-order chi connectivity index (χ1) is 5.79. The molecule has 1 N–H and O–H groups in total. The van der Waals surface area contributed by atoms with Crippen molar-refractivity contribution in [3.8, 4) is 0 Å². The Kier molecular flexibility index (Phi) is 3.13. The molecule has 0 bridgehead atoms. The minimum Gasteiger partial charge on any atom is -0.759 e. The molecule has 1 rings (SSSR count). The van der Waals surface area contributed by atoms with E-state index in [4.69, 9.17) is 0 Å². The Morgan fingerprint density at radius 3 is 2.75 bits per heavy atom. The maximum absolute atomic E-state index is 11.0. The van der Waals surface area contributed by atoms with Crippen LogP contribution in [0.1, 0.15) is 10.4 Å². The lowest BCUT2D eigenvalue weighted by molar-refractivity contribution is 0.0967. The quantitative estimate of drug-likeness (QED) is 0.558. The molecule has 0 aromatic heterocycles. The molecule has 0 aliphatic heterocycles. The third kappa shape index (κ3) is 1.78. The zero-order valence-corrected chi connectivity index (χ0v) is 7.35.